The fraction of sp³-hybridized carbons (Fsp3) is 0.182. The fourth-order valence-electron chi connectivity index (χ4n) is 3.36. The Morgan fingerprint density at radius 1 is 1.00 bits per heavy atom. The number of para-hydroxylation sites is 1. The first-order chi connectivity index (χ1) is 13.6. The highest BCUT2D eigenvalue weighted by atomic mass is 16.2. The van der Waals surface area contributed by atoms with Crippen LogP contribution in [0.2, 0.25) is 0 Å². The molecule has 0 saturated heterocycles. The molecule has 3 aromatic rings. The second-order valence-electron chi connectivity index (χ2n) is 6.87. The molecule has 1 unspecified atom stereocenters. The summed E-state index contributed by atoms with van der Waals surface area (Å²) in [7, 11) is 0. The highest BCUT2D eigenvalue weighted by Gasteiger charge is 2.35. The average Bonchev–Trinajstić information content (AvgIpc) is 2.97. The van der Waals surface area contributed by atoms with Crippen molar-refractivity contribution in [2.45, 2.75) is 13.3 Å². The van der Waals surface area contributed by atoms with Gasteiger partial charge in [0.25, 0.3) is 11.8 Å². The van der Waals surface area contributed by atoms with E-state index in [1.165, 1.54) is 4.90 Å². The van der Waals surface area contributed by atoms with Crippen molar-refractivity contribution in [1.29, 1.82) is 0 Å². The van der Waals surface area contributed by atoms with Crippen LogP contribution in [-0.4, -0.2) is 34.2 Å². The number of aromatic nitrogens is 1. The molecule has 2 heterocycles. The number of carbonyl (C=O) groups is 3. The zero-order chi connectivity index (χ0) is 19.7. The van der Waals surface area contributed by atoms with E-state index in [0.29, 0.717) is 23.2 Å². The molecule has 0 radical (unpaired) electrons. The molecule has 2 aromatic carbocycles. The standard InChI is InChI=1S/C22H19N3O3/c1-14(11-13-25-21(27)16-8-2-3-9-17(16)22(25)28)20(26)24-18-10-4-6-15-7-5-12-23-19(15)18/h2-10,12,14H,11,13H2,1H3,(H,24,26). The van der Waals surface area contributed by atoms with Gasteiger partial charge < -0.3 is 5.32 Å². The van der Waals surface area contributed by atoms with Crippen LogP contribution in [0, 0.1) is 5.92 Å². The molecule has 1 aromatic heterocycles. The van der Waals surface area contributed by atoms with E-state index in [-0.39, 0.29) is 30.2 Å². The Bertz CT molecular complexity index is 1050. The number of hydrogen-bond donors (Lipinski definition) is 1. The minimum absolute atomic E-state index is 0.172. The van der Waals surface area contributed by atoms with Crippen LogP contribution < -0.4 is 5.32 Å². The maximum Gasteiger partial charge on any atom is 0.261 e. The van der Waals surface area contributed by atoms with Gasteiger partial charge in [-0.05, 0) is 30.7 Å². The maximum atomic E-state index is 12.6. The first kappa shape index (κ1) is 17.9. The number of carbonyl (C=O) groups excluding carboxylic acids is 3. The van der Waals surface area contributed by atoms with Gasteiger partial charge in [0.2, 0.25) is 5.91 Å². The van der Waals surface area contributed by atoms with Gasteiger partial charge in [0.1, 0.15) is 0 Å². The third-order valence-corrected chi connectivity index (χ3v) is 5.00. The third kappa shape index (κ3) is 3.13. The van der Waals surface area contributed by atoms with Crippen LogP contribution in [0.25, 0.3) is 10.9 Å². The number of rotatable bonds is 5. The van der Waals surface area contributed by atoms with E-state index < -0.39 is 0 Å². The van der Waals surface area contributed by atoms with Crippen LogP contribution in [0.15, 0.2) is 60.8 Å². The molecule has 0 bridgehead atoms. The lowest BCUT2D eigenvalue weighted by atomic mass is 10.1. The Kier molecular flexibility index (Phi) is 4.61. The Labute approximate surface area is 162 Å². The van der Waals surface area contributed by atoms with E-state index in [0.717, 1.165) is 10.9 Å². The summed E-state index contributed by atoms with van der Waals surface area (Å²) in [6.45, 7) is 1.99. The Morgan fingerprint density at radius 2 is 1.68 bits per heavy atom. The molecule has 0 spiro atoms. The van der Waals surface area contributed by atoms with Crippen LogP contribution in [0.4, 0.5) is 5.69 Å². The van der Waals surface area contributed by atoms with Gasteiger partial charge in [-0.25, -0.2) is 0 Å². The zero-order valence-corrected chi connectivity index (χ0v) is 15.4. The lowest BCUT2D eigenvalue weighted by Crippen LogP contribution is -2.33. The normalized spacial score (nSPS) is 14.2. The summed E-state index contributed by atoms with van der Waals surface area (Å²) < 4.78 is 0. The monoisotopic (exact) mass is 373 g/mol. The molecule has 1 aliphatic heterocycles. The van der Waals surface area contributed by atoms with E-state index in [1.54, 1.807) is 37.4 Å². The molecule has 0 saturated carbocycles. The van der Waals surface area contributed by atoms with Crippen LogP contribution >= 0.6 is 0 Å². The van der Waals surface area contributed by atoms with Gasteiger partial charge in [-0.1, -0.05) is 37.3 Å². The number of anilines is 1. The van der Waals surface area contributed by atoms with Crippen LogP contribution in [0.5, 0.6) is 0 Å². The molecule has 3 amide bonds. The molecular weight excluding hydrogens is 354 g/mol. The topological polar surface area (TPSA) is 79.4 Å². The molecule has 140 valence electrons. The summed E-state index contributed by atoms with van der Waals surface area (Å²) in [5, 5.41) is 3.85. The second-order valence-corrected chi connectivity index (χ2v) is 6.87. The van der Waals surface area contributed by atoms with E-state index in [2.05, 4.69) is 10.3 Å². The molecule has 6 nitrogen and oxygen atoms in total. The number of nitrogens with zero attached hydrogens (tertiary/aromatic N) is 2. The number of pyridine rings is 1. The van der Waals surface area contributed by atoms with Gasteiger partial charge >= 0.3 is 0 Å². The van der Waals surface area contributed by atoms with E-state index in [9.17, 15) is 14.4 Å². The van der Waals surface area contributed by atoms with Gasteiger partial charge in [0.15, 0.2) is 0 Å². The summed E-state index contributed by atoms with van der Waals surface area (Å²) in [5.74, 6) is -1.14. The third-order valence-electron chi connectivity index (χ3n) is 5.00. The van der Waals surface area contributed by atoms with Crippen molar-refractivity contribution < 1.29 is 14.4 Å². The predicted molar refractivity (Wildman–Crippen MR) is 106 cm³/mol. The van der Waals surface area contributed by atoms with Crippen LogP contribution in [0.1, 0.15) is 34.1 Å². The quantitative estimate of drug-likeness (QED) is 0.694. The summed E-state index contributed by atoms with van der Waals surface area (Å²) in [6.07, 6.45) is 2.07. The molecule has 1 atom stereocenters. The van der Waals surface area contributed by atoms with Crippen molar-refractivity contribution in [3.8, 4) is 0 Å². The molecule has 0 fully saturated rings. The summed E-state index contributed by atoms with van der Waals surface area (Å²) in [6, 6.07) is 16.2. The Hall–Kier alpha value is -3.54. The lowest BCUT2D eigenvalue weighted by molar-refractivity contribution is -0.119. The van der Waals surface area contributed by atoms with Crippen molar-refractivity contribution in [1.82, 2.24) is 9.88 Å². The summed E-state index contributed by atoms with van der Waals surface area (Å²) in [4.78, 5) is 43.0. The number of nitrogens with one attached hydrogen (secondary N) is 1. The first-order valence-electron chi connectivity index (χ1n) is 9.16. The van der Waals surface area contributed by atoms with E-state index in [1.807, 2.05) is 30.3 Å². The zero-order valence-electron chi connectivity index (χ0n) is 15.4. The SMILES string of the molecule is CC(CCN1C(=O)c2ccccc2C1=O)C(=O)Nc1cccc2cccnc12. The minimum atomic E-state index is -0.372. The molecule has 4 rings (SSSR count). The number of amides is 3. The van der Waals surface area contributed by atoms with Crippen LogP contribution in [-0.2, 0) is 4.79 Å². The number of fused-ring (bicyclic) bond motifs is 2. The number of imide groups is 1. The number of benzene rings is 2. The largest absolute Gasteiger partial charge is 0.324 e. The highest BCUT2D eigenvalue weighted by molar-refractivity contribution is 6.21. The smallest absolute Gasteiger partial charge is 0.261 e. The molecule has 1 N–H and O–H groups in total. The molecule has 6 heteroatoms. The Balaban J connectivity index is 1.42. The van der Waals surface area contributed by atoms with Crippen molar-refractivity contribution in [2.24, 2.45) is 5.92 Å². The van der Waals surface area contributed by atoms with Gasteiger partial charge in [-0.3, -0.25) is 24.3 Å². The first-order valence-corrected chi connectivity index (χ1v) is 9.16. The van der Waals surface area contributed by atoms with Gasteiger partial charge in [-0.15, -0.1) is 0 Å². The summed E-state index contributed by atoms with van der Waals surface area (Å²) in [5.41, 5.74) is 2.22. The maximum absolute atomic E-state index is 12.6. The second kappa shape index (κ2) is 7.23. The number of hydrogen-bond acceptors (Lipinski definition) is 4. The molecule has 28 heavy (non-hydrogen) atoms. The van der Waals surface area contributed by atoms with Crippen LogP contribution in [0.3, 0.4) is 0 Å². The van der Waals surface area contributed by atoms with Crippen molar-refractivity contribution in [3.05, 3.63) is 71.9 Å². The van der Waals surface area contributed by atoms with Gasteiger partial charge in [-0.2, -0.15) is 0 Å². The van der Waals surface area contributed by atoms with Gasteiger partial charge in [0, 0.05) is 24.0 Å². The van der Waals surface area contributed by atoms with Crippen molar-refractivity contribution >= 4 is 34.3 Å². The molecule has 0 aliphatic carbocycles. The average molecular weight is 373 g/mol. The lowest BCUT2D eigenvalue weighted by Gasteiger charge is -2.17. The fourth-order valence-corrected chi connectivity index (χ4v) is 3.36. The Morgan fingerprint density at radius 3 is 2.39 bits per heavy atom. The van der Waals surface area contributed by atoms with Crippen molar-refractivity contribution in [2.75, 3.05) is 11.9 Å². The predicted octanol–water partition coefficient (Wildman–Crippen LogP) is 3.50. The van der Waals surface area contributed by atoms with Crippen molar-refractivity contribution in [3.63, 3.8) is 0 Å². The minimum Gasteiger partial charge on any atom is -0.324 e. The van der Waals surface area contributed by atoms with E-state index in [4.69, 9.17) is 0 Å². The van der Waals surface area contributed by atoms with E-state index >= 15 is 0 Å². The summed E-state index contributed by atoms with van der Waals surface area (Å²) >= 11 is 0. The molecular formula is C22H19N3O3. The highest BCUT2D eigenvalue weighted by Crippen LogP contribution is 2.24. The van der Waals surface area contributed by atoms with Gasteiger partial charge in [0.05, 0.1) is 22.3 Å². The molecule has 1 aliphatic rings.